The van der Waals surface area contributed by atoms with Gasteiger partial charge in [0, 0.05) is 17.3 Å². The first-order valence-corrected chi connectivity index (χ1v) is 7.56. The minimum atomic E-state index is 0.470. The van der Waals surface area contributed by atoms with Gasteiger partial charge in [-0.15, -0.1) is 0 Å². The maximum absolute atomic E-state index is 4.65. The van der Waals surface area contributed by atoms with Crippen LogP contribution >= 0.6 is 0 Å². The first-order chi connectivity index (χ1) is 9.79. The highest BCUT2D eigenvalue weighted by molar-refractivity contribution is 5.28. The van der Waals surface area contributed by atoms with Gasteiger partial charge >= 0.3 is 0 Å². The fraction of sp³-hybridized carbons (Fsp3) is 0.471. The molecule has 0 radical (unpaired) electrons. The summed E-state index contributed by atoms with van der Waals surface area (Å²) in [6.45, 7) is 3.06. The molecule has 20 heavy (non-hydrogen) atoms. The van der Waals surface area contributed by atoms with Gasteiger partial charge in [-0.05, 0) is 44.4 Å². The van der Waals surface area contributed by atoms with Crippen LogP contribution in [-0.2, 0) is 13.0 Å². The van der Waals surface area contributed by atoms with Crippen molar-refractivity contribution in [3.05, 3.63) is 52.8 Å². The lowest BCUT2D eigenvalue weighted by atomic mass is 10.1. The lowest BCUT2D eigenvalue weighted by molar-refractivity contribution is 0.532. The number of nitrogens with one attached hydrogen (secondary N) is 1. The van der Waals surface area contributed by atoms with Gasteiger partial charge in [0.2, 0.25) is 0 Å². The quantitative estimate of drug-likeness (QED) is 0.867. The Kier molecular flexibility index (Phi) is 3.88. The molecule has 1 unspecified atom stereocenters. The van der Waals surface area contributed by atoms with Gasteiger partial charge in [0.1, 0.15) is 0 Å². The van der Waals surface area contributed by atoms with Gasteiger partial charge in [0.05, 0.1) is 12.7 Å². The zero-order chi connectivity index (χ0) is 13.9. The molecule has 3 rings (SSSR count). The zero-order valence-electron chi connectivity index (χ0n) is 12.4. The molecule has 1 aromatic heterocycles. The third-order valence-corrected chi connectivity index (χ3v) is 4.44. The average molecular weight is 269 g/mol. The number of aryl methyl sites for hydroxylation is 1. The zero-order valence-corrected chi connectivity index (χ0v) is 12.4. The highest BCUT2D eigenvalue weighted by Gasteiger charge is 2.21. The summed E-state index contributed by atoms with van der Waals surface area (Å²) in [5, 5.41) is 8.09. The van der Waals surface area contributed by atoms with Crippen LogP contribution < -0.4 is 5.32 Å². The summed E-state index contributed by atoms with van der Waals surface area (Å²) < 4.78 is 2.20. The first kappa shape index (κ1) is 13.4. The first-order valence-electron chi connectivity index (χ1n) is 7.56. The van der Waals surface area contributed by atoms with E-state index in [-0.39, 0.29) is 0 Å². The summed E-state index contributed by atoms with van der Waals surface area (Å²) in [6.07, 6.45) is 7.01. The van der Waals surface area contributed by atoms with Gasteiger partial charge in [-0.25, -0.2) is 0 Å². The van der Waals surface area contributed by atoms with E-state index < -0.39 is 0 Å². The number of hydrogen-bond acceptors (Lipinski definition) is 2. The predicted octanol–water partition coefficient (Wildman–Crippen LogP) is 3.23. The molecule has 0 amide bonds. The van der Waals surface area contributed by atoms with E-state index in [1.165, 1.54) is 41.6 Å². The average Bonchev–Trinajstić information content (AvgIpc) is 2.73. The highest BCUT2D eigenvalue weighted by atomic mass is 15.3. The second kappa shape index (κ2) is 5.80. The van der Waals surface area contributed by atoms with Crippen molar-refractivity contribution >= 4 is 0 Å². The van der Waals surface area contributed by atoms with E-state index in [9.17, 15) is 0 Å². The third kappa shape index (κ3) is 2.50. The molecule has 1 aliphatic carbocycles. The molecular weight excluding hydrogens is 246 g/mol. The van der Waals surface area contributed by atoms with Crippen LogP contribution in [0.1, 0.15) is 47.7 Å². The number of aromatic nitrogens is 2. The lowest BCUT2D eigenvalue weighted by Gasteiger charge is -2.14. The summed E-state index contributed by atoms with van der Waals surface area (Å²) in [5.41, 5.74) is 5.53. The monoisotopic (exact) mass is 269 g/mol. The highest BCUT2D eigenvalue weighted by Crippen LogP contribution is 2.28. The summed E-state index contributed by atoms with van der Waals surface area (Å²) >= 11 is 0. The molecule has 0 saturated heterocycles. The number of benzene rings is 1. The SMILES string of the molecule is CNC1CCCCc2c1cnn2Cc1ccccc1C. The van der Waals surface area contributed by atoms with Crippen molar-refractivity contribution in [1.82, 2.24) is 15.1 Å². The molecular formula is C17H23N3. The minimum Gasteiger partial charge on any atom is -0.313 e. The fourth-order valence-electron chi connectivity index (χ4n) is 3.17. The Morgan fingerprint density at radius 3 is 2.95 bits per heavy atom. The molecule has 0 aliphatic heterocycles. The predicted molar refractivity (Wildman–Crippen MR) is 81.9 cm³/mol. The standard InChI is InChI=1S/C17H23N3/c1-13-7-3-4-8-14(13)12-20-17-10-6-5-9-16(18-2)15(17)11-19-20/h3-4,7-8,11,16,18H,5-6,9-10,12H2,1-2H3. The van der Waals surface area contributed by atoms with E-state index in [4.69, 9.17) is 0 Å². The summed E-state index contributed by atoms with van der Waals surface area (Å²) in [6, 6.07) is 9.06. The number of hydrogen-bond donors (Lipinski definition) is 1. The maximum atomic E-state index is 4.65. The van der Waals surface area contributed by atoms with Crippen molar-refractivity contribution in [3.8, 4) is 0 Å². The van der Waals surface area contributed by atoms with Crippen LogP contribution in [0.4, 0.5) is 0 Å². The van der Waals surface area contributed by atoms with Gasteiger partial charge < -0.3 is 5.32 Å². The van der Waals surface area contributed by atoms with E-state index in [0.717, 1.165) is 13.0 Å². The smallest absolute Gasteiger partial charge is 0.0665 e. The van der Waals surface area contributed by atoms with E-state index in [0.29, 0.717) is 6.04 Å². The van der Waals surface area contributed by atoms with Crippen LogP contribution in [0.25, 0.3) is 0 Å². The van der Waals surface area contributed by atoms with Crippen molar-refractivity contribution in [2.45, 2.75) is 45.2 Å². The Bertz CT molecular complexity index is 586. The molecule has 0 bridgehead atoms. The minimum absolute atomic E-state index is 0.470. The van der Waals surface area contributed by atoms with Crippen molar-refractivity contribution in [2.75, 3.05) is 7.05 Å². The topological polar surface area (TPSA) is 29.9 Å². The number of nitrogens with zero attached hydrogens (tertiary/aromatic N) is 2. The van der Waals surface area contributed by atoms with Gasteiger partial charge in [0.15, 0.2) is 0 Å². The summed E-state index contributed by atoms with van der Waals surface area (Å²) in [5.74, 6) is 0. The maximum Gasteiger partial charge on any atom is 0.0665 e. The molecule has 1 heterocycles. The molecule has 2 aromatic rings. The number of fused-ring (bicyclic) bond motifs is 1. The molecule has 1 atom stereocenters. The van der Waals surface area contributed by atoms with Crippen LogP contribution in [0.15, 0.2) is 30.5 Å². The lowest BCUT2D eigenvalue weighted by Crippen LogP contribution is -2.16. The van der Waals surface area contributed by atoms with Crippen molar-refractivity contribution in [3.63, 3.8) is 0 Å². The Labute approximate surface area is 121 Å². The Morgan fingerprint density at radius 1 is 1.30 bits per heavy atom. The van der Waals surface area contributed by atoms with Crippen molar-refractivity contribution in [1.29, 1.82) is 0 Å². The third-order valence-electron chi connectivity index (χ3n) is 4.44. The number of rotatable bonds is 3. The van der Waals surface area contributed by atoms with Crippen molar-refractivity contribution in [2.24, 2.45) is 0 Å². The second-order valence-electron chi connectivity index (χ2n) is 5.72. The van der Waals surface area contributed by atoms with Crippen LogP contribution in [0.3, 0.4) is 0 Å². The summed E-state index contributed by atoms with van der Waals surface area (Å²) in [7, 11) is 2.05. The molecule has 0 spiro atoms. The van der Waals surface area contributed by atoms with Gasteiger partial charge in [-0.2, -0.15) is 5.10 Å². The van der Waals surface area contributed by atoms with E-state index in [1.807, 2.05) is 0 Å². The molecule has 0 fully saturated rings. The van der Waals surface area contributed by atoms with Gasteiger partial charge in [-0.1, -0.05) is 30.7 Å². The molecule has 1 aliphatic rings. The molecule has 3 nitrogen and oxygen atoms in total. The van der Waals surface area contributed by atoms with Gasteiger partial charge in [0.25, 0.3) is 0 Å². The largest absolute Gasteiger partial charge is 0.313 e. The van der Waals surface area contributed by atoms with Crippen LogP contribution in [0.5, 0.6) is 0 Å². The molecule has 1 N–H and O–H groups in total. The van der Waals surface area contributed by atoms with Crippen LogP contribution in [-0.4, -0.2) is 16.8 Å². The van der Waals surface area contributed by atoms with E-state index >= 15 is 0 Å². The van der Waals surface area contributed by atoms with E-state index in [1.54, 1.807) is 0 Å². The molecule has 3 heteroatoms. The van der Waals surface area contributed by atoms with E-state index in [2.05, 4.69) is 59.5 Å². The molecule has 1 aromatic carbocycles. The Balaban J connectivity index is 1.92. The van der Waals surface area contributed by atoms with Crippen molar-refractivity contribution < 1.29 is 0 Å². The van der Waals surface area contributed by atoms with Crippen LogP contribution in [0.2, 0.25) is 0 Å². The fourth-order valence-corrected chi connectivity index (χ4v) is 3.17. The second-order valence-corrected chi connectivity index (χ2v) is 5.72. The Morgan fingerprint density at radius 2 is 2.15 bits per heavy atom. The normalized spacial score (nSPS) is 18.6. The molecule has 0 saturated carbocycles. The van der Waals surface area contributed by atoms with Crippen LogP contribution in [0, 0.1) is 6.92 Å². The molecule has 106 valence electrons. The van der Waals surface area contributed by atoms with Gasteiger partial charge in [-0.3, -0.25) is 4.68 Å². The Hall–Kier alpha value is -1.61. The summed E-state index contributed by atoms with van der Waals surface area (Å²) in [4.78, 5) is 0.